The summed E-state index contributed by atoms with van der Waals surface area (Å²) in [5.41, 5.74) is 2.03. The van der Waals surface area contributed by atoms with Gasteiger partial charge in [-0.25, -0.2) is 0 Å². The Balaban J connectivity index is 1.81. The normalized spacial score (nSPS) is 14.5. The standard InChI is InChI=1S/C21H24OS2/c1-3-19(17-11-7-5-8-12-17)23-16-15-21(22)24-20(4-2)18-13-9-6-10-14-18/h3-14,19-22H,1-2,15-16H2. The average molecular weight is 357 g/mol. The fraction of sp³-hybridized carbons (Fsp3) is 0.238. The molecule has 0 saturated carbocycles. The van der Waals surface area contributed by atoms with Gasteiger partial charge in [-0.1, -0.05) is 72.8 Å². The maximum atomic E-state index is 10.3. The number of rotatable bonds is 10. The number of aliphatic hydroxyl groups is 1. The molecule has 0 fully saturated rings. The summed E-state index contributed by atoms with van der Waals surface area (Å²) in [5.74, 6) is 0.887. The number of hydrogen-bond donors (Lipinski definition) is 1. The highest BCUT2D eigenvalue weighted by molar-refractivity contribution is 8.00. The molecule has 0 bridgehead atoms. The van der Waals surface area contributed by atoms with Crippen molar-refractivity contribution in [3.8, 4) is 0 Å². The zero-order valence-electron chi connectivity index (χ0n) is 13.8. The lowest BCUT2D eigenvalue weighted by Crippen LogP contribution is -2.06. The molecule has 0 aliphatic heterocycles. The predicted octanol–water partition coefficient (Wildman–Crippen LogP) is 6.02. The first-order valence-electron chi connectivity index (χ1n) is 8.04. The van der Waals surface area contributed by atoms with E-state index < -0.39 is 5.44 Å². The number of hydrogen-bond acceptors (Lipinski definition) is 3. The monoisotopic (exact) mass is 356 g/mol. The van der Waals surface area contributed by atoms with Gasteiger partial charge in [-0.05, 0) is 23.3 Å². The Morgan fingerprint density at radius 2 is 1.33 bits per heavy atom. The fourth-order valence-corrected chi connectivity index (χ4v) is 4.66. The van der Waals surface area contributed by atoms with E-state index in [1.54, 1.807) is 11.8 Å². The second kappa shape index (κ2) is 10.4. The fourth-order valence-electron chi connectivity index (χ4n) is 2.39. The van der Waals surface area contributed by atoms with Crippen LogP contribution in [0.5, 0.6) is 0 Å². The summed E-state index contributed by atoms with van der Waals surface area (Å²) in [4.78, 5) is 0. The van der Waals surface area contributed by atoms with E-state index in [9.17, 15) is 5.11 Å². The molecule has 0 saturated heterocycles. The molecule has 0 spiro atoms. The lowest BCUT2D eigenvalue weighted by atomic mass is 10.1. The van der Waals surface area contributed by atoms with E-state index in [1.807, 2.05) is 60.3 Å². The van der Waals surface area contributed by atoms with Crippen molar-refractivity contribution in [2.45, 2.75) is 22.4 Å². The van der Waals surface area contributed by atoms with Crippen LogP contribution in [0.25, 0.3) is 0 Å². The van der Waals surface area contributed by atoms with Crippen molar-refractivity contribution in [2.75, 3.05) is 5.75 Å². The van der Waals surface area contributed by atoms with Crippen LogP contribution in [-0.4, -0.2) is 16.3 Å². The minimum absolute atomic E-state index is 0.121. The average Bonchev–Trinajstić information content (AvgIpc) is 2.64. The van der Waals surface area contributed by atoms with Gasteiger partial charge in [0.05, 0.1) is 0 Å². The van der Waals surface area contributed by atoms with Crippen LogP contribution >= 0.6 is 23.5 Å². The van der Waals surface area contributed by atoms with Crippen molar-refractivity contribution in [3.63, 3.8) is 0 Å². The van der Waals surface area contributed by atoms with Crippen LogP contribution in [0.1, 0.15) is 28.0 Å². The van der Waals surface area contributed by atoms with Crippen molar-refractivity contribution in [2.24, 2.45) is 0 Å². The molecule has 126 valence electrons. The number of thioether (sulfide) groups is 2. The summed E-state index contributed by atoms with van der Waals surface area (Å²) >= 11 is 3.37. The van der Waals surface area contributed by atoms with Crippen LogP contribution in [0.15, 0.2) is 86.0 Å². The van der Waals surface area contributed by atoms with E-state index in [2.05, 4.69) is 37.4 Å². The van der Waals surface area contributed by atoms with E-state index in [0.717, 1.165) is 12.2 Å². The van der Waals surface area contributed by atoms with Gasteiger partial charge in [-0.2, -0.15) is 0 Å². The van der Waals surface area contributed by atoms with Gasteiger partial charge in [0.1, 0.15) is 5.44 Å². The maximum absolute atomic E-state index is 10.3. The molecule has 2 aromatic rings. The molecule has 0 heterocycles. The third-order valence-electron chi connectivity index (χ3n) is 3.65. The zero-order chi connectivity index (χ0) is 17.2. The van der Waals surface area contributed by atoms with Gasteiger partial charge in [0.25, 0.3) is 0 Å². The molecule has 0 aliphatic carbocycles. The van der Waals surface area contributed by atoms with Crippen LogP contribution in [-0.2, 0) is 0 Å². The lowest BCUT2D eigenvalue weighted by Gasteiger charge is -2.18. The molecular weight excluding hydrogens is 332 g/mol. The molecule has 3 heteroatoms. The van der Waals surface area contributed by atoms with Gasteiger partial charge in [-0.15, -0.1) is 36.7 Å². The largest absolute Gasteiger partial charge is 0.382 e. The van der Waals surface area contributed by atoms with Crippen LogP contribution in [0.2, 0.25) is 0 Å². The van der Waals surface area contributed by atoms with E-state index in [-0.39, 0.29) is 10.5 Å². The summed E-state index contributed by atoms with van der Waals surface area (Å²) in [6, 6.07) is 20.5. The highest BCUT2D eigenvalue weighted by atomic mass is 32.2. The topological polar surface area (TPSA) is 20.2 Å². The Hall–Kier alpha value is -1.42. The summed E-state index contributed by atoms with van der Waals surface area (Å²) in [6.45, 7) is 7.84. The Kier molecular flexibility index (Phi) is 8.23. The minimum atomic E-state index is -0.401. The molecule has 3 atom stereocenters. The SMILES string of the molecule is C=CC(SCCC(O)SC(C=C)c1ccccc1)c1ccccc1. The maximum Gasteiger partial charge on any atom is 0.101 e. The Bertz CT molecular complexity index is 612. The van der Waals surface area contributed by atoms with E-state index >= 15 is 0 Å². The van der Waals surface area contributed by atoms with Gasteiger partial charge < -0.3 is 5.11 Å². The minimum Gasteiger partial charge on any atom is -0.382 e. The molecule has 3 unspecified atom stereocenters. The third-order valence-corrected chi connectivity index (χ3v) is 6.25. The Morgan fingerprint density at radius 1 is 0.833 bits per heavy atom. The number of benzene rings is 2. The van der Waals surface area contributed by atoms with Crippen molar-refractivity contribution in [1.29, 1.82) is 0 Å². The van der Waals surface area contributed by atoms with Crippen LogP contribution in [0.4, 0.5) is 0 Å². The lowest BCUT2D eigenvalue weighted by molar-refractivity contribution is 0.260. The second-order valence-electron chi connectivity index (χ2n) is 5.38. The second-order valence-corrected chi connectivity index (χ2v) is 7.96. The third kappa shape index (κ3) is 5.90. The molecule has 2 rings (SSSR count). The summed E-state index contributed by atoms with van der Waals surface area (Å²) in [6.07, 6.45) is 4.60. The highest BCUT2D eigenvalue weighted by Gasteiger charge is 2.15. The van der Waals surface area contributed by atoms with Gasteiger partial charge >= 0.3 is 0 Å². The number of aliphatic hydroxyl groups excluding tert-OH is 1. The van der Waals surface area contributed by atoms with Gasteiger partial charge in [0, 0.05) is 10.5 Å². The van der Waals surface area contributed by atoms with Crippen molar-refractivity contribution < 1.29 is 5.11 Å². The quantitative estimate of drug-likeness (QED) is 0.415. The first-order valence-corrected chi connectivity index (χ1v) is 10.0. The van der Waals surface area contributed by atoms with Gasteiger partial charge in [0.2, 0.25) is 0 Å². The first-order chi connectivity index (χ1) is 11.7. The van der Waals surface area contributed by atoms with Crippen molar-refractivity contribution in [1.82, 2.24) is 0 Å². The molecule has 2 aromatic carbocycles. The predicted molar refractivity (Wildman–Crippen MR) is 109 cm³/mol. The summed E-state index contributed by atoms with van der Waals surface area (Å²) in [7, 11) is 0. The molecule has 1 N–H and O–H groups in total. The Labute approximate surface area is 153 Å². The van der Waals surface area contributed by atoms with Crippen molar-refractivity contribution in [3.05, 3.63) is 97.1 Å². The van der Waals surface area contributed by atoms with E-state index in [1.165, 1.54) is 11.1 Å². The molecule has 24 heavy (non-hydrogen) atoms. The van der Waals surface area contributed by atoms with Crippen molar-refractivity contribution >= 4 is 23.5 Å². The van der Waals surface area contributed by atoms with Crippen LogP contribution in [0, 0.1) is 0 Å². The molecular formula is C21H24OS2. The summed E-state index contributed by atoms with van der Waals surface area (Å²) < 4.78 is 0. The smallest absolute Gasteiger partial charge is 0.101 e. The first kappa shape index (κ1) is 18.9. The van der Waals surface area contributed by atoms with Gasteiger partial charge in [-0.3, -0.25) is 0 Å². The molecule has 0 aliphatic rings. The molecule has 1 nitrogen and oxygen atoms in total. The van der Waals surface area contributed by atoms with E-state index in [4.69, 9.17) is 0 Å². The highest BCUT2D eigenvalue weighted by Crippen LogP contribution is 2.35. The Morgan fingerprint density at radius 3 is 1.83 bits per heavy atom. The summed E-state index contributed by atoms with van der Waals surface area (Å²) in [5, 5.41) is 10.7. The van der Waals surface area contributed by atoms with E-state index in [0.29, 0.717) is 0 Å². The van der Waals surface area contributed by atoms with Gasteiger partial charge in [0.15, 0.2) is 0 Å². The molecule has 0 aromatic heterocycles. The molecule has 0 radical (unpaired) electrons. The molecule has 0 amide bonds. The van der Waals surface area contributed by atoms with Crippen LogP contribution in [0.3, 0.4) is 0 Å². The zero-order valence-corrected chi connectivity index (χ0v) is 15.4. The van der Waals surface area contributed by atoms with Crippen LogP contribution < -0.4 is 0 Å².